The number of hydrogen-bond acceptors (Lipinski definition) is 2. The molecule has 1 N–H and O–H groups in total. The average Bonchev–Trinajstić information content (AvgIpc) is 2.61. The number of benzene rings is 1. The minimum Gasteiger partial charge on any atom is -0.481 e. The topological polar surface area (TPSA) is 40.5 Å². The summed E-state index contributed by atoms with van der Waals surface area (Å²) < 4.78 is 0. The van der Waals surface area contributed by atoms with E-state index in [1.54, 1.807) is 0 Å². The van der Waals surface area contributed by atoms with Crippen LogP contribution < -0.4 is 4.90 Å². The summed E-state index contributed by atoms with van der Waals surface area (Å²) in [5, 5.41) is 9.02. The quantitative estimate of drug-likeness (QED) is 0.820. The van der Waals surface area contributed by atoms with Gasteiger partial charge in [0.2, 0.25) is 0 Å². The van der Waals surface area contributed by atoms with Crippen molar-refractivity contribution in [2.45, 2.75) is 58.4 Å². The predicted octanol–water partition coefficient (Wildman–Crippen LogP) is 4.33. The molecule has 0 bridgehead atoms. The van der Waals surface area contributed by atoms with Gasteiger partial charge in [0.15, 0.2) is 0 Å². The van der Waals surface area contributed by atoms with Crippen LogP contribution >= 0.6 is 0 Å². The fourth-order valence-corrected chi connectivity index (χ4v) is 3.31. The lowest BCUT2D eigenvalue weighted by molar-refractivity contribution is -0.136. The van der Waals surface area contributed by atoms with Crippen molar-refractivity contribution < 1.29 is 9.90 Å². The van der Waals surface area contributed by atoms with E-state index < -0.39 is 5.97 Å². The Morgan fingerprint density at radius 2 is 1.95 bits per heavy atom. The molecule has 0 radical (unpaired) electrons. The Bertz CT molecular complexity index is 456. The van der Waals surface area contributed by atoms with Gasteiger partial charge in [-0.2, -0.15) is 0 Å². The first-order valence-electron chi connectivity index (χ1n) is 8.01. The lowest BCUT2D eigenvalue weighted by Gasteiger charge is -2.33. The van der Waals surface area contributed by atoms with Crippen molar-refractivity contribution in [3.63, 3.8) is 0 Å². The molecule has 1 saturated carbocycles. The zero-order chi connectivity index (χ0) is 15.3. The maximum Gasteiger partial charge on any atom is 0.305 e. The Balaban J connectivity index is 2.12. The molecular weight excluding hydrogens is 262 g/mol. The van der Waals surface area contributed by atoms with Gasteiger partial charge in [-0.25, -0.2) is 0 Å². The number of para-hydroxylation sites is 1. The lowest BCUT2D eigenvalue weighted by atomic mass is 9.85. The van der Waals surface area contributed by atoms with Gasteiger partial charge in [0.25, 0.3) is 0 Å². The molecule has 1 atom stereocenters. The molecule has 1 aromatic rings. The summed E-state index contributed by atoms with van der Waals surface area (Å²) in [6, 6.07) is 10.7. The van der Waals surface area contributed by atoms with Crippen LogP contribution in [0, 0.1) is 5.41 Å². The molecule has 0 saturated heterocycles. The largest absolute Gasteiger partial charge is 0.481 e. The van der Waals surface area contributed by atoms with Gasteiger partial charge in [-0.3, -0.25) is 4.79 Å². The van der Waals surface area contributed by atoms with E-state index in [0.29, 0.717) is 18.0 Å². The number of rotatable bonds is 5. The average molecular weight is 289 g/mol. The summed E-state index contributed by atoms with van der Waals surface area (Å²) >= 11 is 0. The van der Waals surface area contributed by atoms with Gasteiger partial charge in [0, 0.05) is 18.3 Å². The number of carboxylic acids is 1. The van der Waals surface area contributed by atoms with Crippen LogP contribution in [0.5, 0.6) is 0 Å². The van der Waals surface area contributed by atoms with E-state index in [-0.39, 0.29) is 6.42 Å². The first kappa shape index (κ1) is 15.9. The van der Waals surface area contributed by atoms with Crippen molar-refractivity contribution >= 4 is 11.7 Å². The van der Waals surface area contributed by atoms with Crippen LogP contribution in [0.1, 0.15) is 52.4 Å². The predicted molar refractivity (Wildman–Crippen MR) is 86.7 cm³/mol. The molecule has 1 aliphatic rings. The van der Waals surface area contributed by atoms with E-state index in [2.05, 4.69) is 30.9 Å². The monoisotopic (exact) mass is 289 g/mol. The number of carboxylic acid groups (broad SMARTS) is 1. The van der Waals surface area contributed by atoms with Gasteiger partial charge in [-0.1, -0.05) is 38.5 Å². The van der Waals surface area contributed by atoms with E-state index in [0.717, 1.165) is 18.5 Å². The smallest absolute Gasteiger partial charge is 0.305 e. The van der Waals surface area contributed by atoms with Gasteiger partial charge in [0.1, 0.15) is 0 Å². The number of carbonyl (C=O) groups is 1. The van der Waals surface area contributed by atoms with Crippen LogP contribution in [-0.4, -0.2) is 23.7 Å². The number of hydrogen-bond donors (Lipinski definition) is 1. The zero-order valence-electron chi connectivity index (χ0n) is 13.2. The fourth-order valence-electron chi connectivity index (χ4n) is 3.31. The molecule has 3 nitrogen and oxygen atoms in total. The van der Waals surface area contributed by atoms with Gasteiger partial charge >= 0.3 is 5.97 Å². The second-order valence-corrected chi connectivity index (χ2v) is 6.92. The van der Waals surface area contributed by atoms with Gasteiger partial charge < -0.3 is 10.0 Å². The maximum absolute atomic E-state index is 11.0. The van der Waals surface area contributed by atoms with Crippen LogP contribution in [0.15, 0.2) is 30.3 Å². The fraction of sp³-hybridized carbons (Fsp3) is 0.611. The molecule has 0 aromatic heterocycles. The summed E-state index contributed by atoms with van der Waals surface area (Å²) in [5.74, 6) is -0.718. The Labute approximate surface area is 128 Å². The molecule has 21 heavy (non-hydrogen) atoms. The summed E-state index contributed by atoms with van der Waals surface area (Å²) in [4.78, 5) is 13.3. The number of anilines is 1. The minimum absolute atomic E-state index is 0.203. The summed E-state index contributed by atoms with van der Waals surface area (Å²) in [5.41, 5.74) is 1.58. The molecule has 0 spiro atoms. The van der Waals surface area contributed by atoms with Crippen LogP contribution in [0.2, 0.25) is 0 Å². The first-order chi connectivity index (χ1) is 9.98. The van der Waals surface area contributed by atoms with Gasteiger partial charge in [-0.05, 0) is 43.2 Å². The Kier molecular flexibility index (Phi) is 5.27. The SMILES string of the molecule is CC1(C)CCCC(N(CCC(=O)O)c2ccccc2)CC1. The molecule has 1 aliphatic carbocycles. The van der Waals surface area contributed by atoms with E-state index in [1.165, 1.54) is 19.3 Å². The van der Waals surface area contributed by atoms with Crippen molar-refractivity contribution in [3.05, 3.63) is 30.3 Å². The molecule has 1 fully saturated rings. The molecule has 0 amide bonds. The molecule has 0 heterocycles. The highest BCUT2D eigenvalue weighted by Crippen LogP contribution is 2.36. The number of aliphatic carboxylic acids is 1. The van der Waals surface area contributed by atoms with Crippen LogP contribution in [0.3, 0.4) is 0 Å². The Morgan fingerprint density at radius 3 is 2.62 bits per heavy atom. The summed E-state index contributed by atoms with van der Waals surface area (Å²) in [7, 11) is 0. The third-order valence-electron chi connectivity index (χ3n) is 4.64. The second-order valence-electron chi connectivity index (χ2n) is 6.92. The van der Waals surface area contributed by atoms with Gasteiger partial charge in [-0.15, -0.1) is 0 Å². The summed E-state index contributed by atoms with van der Waals surface area (Å²) in [6.45, 7) is 5.30. The third kappa shape index (κ3) is 4.76. The molecule has 1 unspecified atom stereocenters. The maximum atomic E-state index is 11.0. The van der Waals surface area contributed by atoms with Gasteiger partial charge in [0.05, 0.1) is 6.42 Å². The van der Waals surface area contributed by atoms with Crippen molar-refractivity contribution in [2.75, 3.05) is 11.4 Å². The van der Waals surface area contributed by atoms with Crippen molar-refractivity contribution in [3.8, 4) is 0 Å². The van der Waals surface area contributed by atoms with Crippen molar-refractivity contribution in [2.24, 2.45) is 5.41 Å². The molecule has 3 heteroatoms. The highest BCUT2D eigenvalue weighted by Gasteiger charge is 2.27. The number of nitrogens with zero attached hydrogens (tertiary/aromatic N) is 1. The molecular formula is C18H27NO2. The molecule has 0 aliphatic heterocycles. The molecule has 1 aromatic carbocycles. The standard InChI is InChI=1S/C18H27NO2/c1-18(2)12-6-9-16(10-13-18)19(14-11-17(20)21)15-7-4-3-5-8-15/h3-5,7-8,16H,6,9-14H2,1-2H3,(H,20,21). The van der Waals surface area contributed by atoms with E-state index in [4.69, 9.17) is 5.11 Å². The van der Waals surface area contributed by atoms with E-state index in [9.17, 15) is 4.79 Å². The molecule has 2 rings (SSSR count). The van der Waals surface area contributed by atoms with Crippen molar-refractivity contribution in [1.29, 1.82) is 0 Å². The van der Waals surface area contributed by atoms with E-state index >= 15 is 0 Å². The Hall–Kier alpha value is -1.51. The highest BCUT2D eigenvalue weighted by molar-refractivity contribution is 5.67. The Morgan fingerprint density at radius 1 is 1.24 bits per heavy atom. The third-order valence-corrected chi connectivity index (χ3v) is 4.64. The zero-order valence-corrected chi connectivity index (χ0v) is 13.2. The lowest BCUT2D eigenvalue weighted by Crippen LogP contribution is -2.37. The minimum atomic E-state index is -0.718. The highest BCUT2D eigenvalue weighted by atomic mass is 16.4. The first-order valence-corrected chi connectivity index (χ1v) is 8.01. The van der Waals surface area contributed by atoms with E-state index in [1.807, 2.05) is 18.2 Å². The summed E-state index contributed by atoms with van der Waals surface area (Å²) in [6.07, 6.45) is 6.24. The molecule has 116 valence electrons. The van der Waals surface area contributed by atoms with Crippen LogP contribution in [0.25, 0.3) is 0 Å². The second kappa shape index (κ2) is 6.97. The normalized spacial score (nSPS) is 21.5. The van der Waals surface area contributed by atoms with Crippen molar-refractivity contribution in [1.82, 2.24) is 0 Å². The van der Waals surface area contributed by atoms with Crippen LogP contribution in [0.4, 0.5) is 5.69 Å². The van der Waals surface area contributed by atoms with Crippen LogP contribution in [-0.2, 0) is 4.79 Å².